The quantitative estimate of drug-likeness (QED) is 0.498. The molecule has 1 heterocycles. The summed E-state index contributed by atoms with van der Waals surface area (Å²) in [4.78, 5) is 5.19. The van der Waals surface area contributed by atoms with E-state index in [9.17, 15) is 5.11 Å². The third-order valence-electron chi connectivity index (χ3n) is 6.31. The zero-order valence-electron chi connectivity index (χ0n) is 21.2. The van der Waals surface area contributed by atoms with Gasteiger partial charge in [0.15, 0.2) is 0 Å². The molecule has 0 radical (unpaired) electrons. The van der Waals surface area contributed by atoms with E-state index in [1.807, 2.05) is 38.1 Å². The predicted molar refractivity (Wildman–Crippen MR) is 130 cm³/mol. The number of aromatic nitrogens is 1. The number of benzene rings is 1. The third-order valence-corrected chi connectivity index (χ3v) is 6.31. The van der Waals surface area contributed by atoms with Crippen molar-refractivity contribution in [1.82, 2.24) is 4.98 Å². The van der Waals surface area contributed by atoms with Crippen LogP contribution in [0.5, 0.6) is 5.75 Å². The van der Waals surface area contributed by atoms with E-state index in [1.165, 1.54) is 11.1 Å². The van der Waals surface area contributed by atoms with Crippen LogP contribution in [0.25, 0.3) is 0 Å². The minimum atomic E-state index is -0.731. The van der Waals surface area contributed by atoms with E-state index in [0.29, 0.717) is 6.61 Å². The molecule has 3 rings (SSSR count). The Hall–Kier alpha value is -1.91. The zero-order chi connectivity index (χ0) is 23.6. The first-order chi connectivity index (χ1) is 15.1. The molecular formula is C28H41NO3. The number of aliphatic hydroxyl groups is 1. The number of aliphatic hydroxyl groups excluding tert-OH is 1. The molecule has 1 aliphatic carbocycles. The van der Waals surface area contributed by atoms with Crippen molar-refractivity contribution in [2.24, 2.45) is 5.41 Å². The summed E-state index contributed by atoms with van der Waals surface area (Å²) < 4.78 is 12.0. The van der Waals surface area contributed by atoms with Crippen molar-refractivity contribution in [3.8, 4) is 5.75 Å². The average Bonchev–Trinajstić information content (AvgIpc) is 2.71. The van der Waals surface area contributed by atoms with Gasteiger partial charge in [0.1, 0.15) is 11.9 Å². The van der Waals surface area contributed by atoms with Crippen molar-refractivity contribution in [2.75, 3.05) is 6.61 Å². The topological polar surface area (TPSA) is 51.6 Å². The van der Waals surface area contributed by atoms with Crippen molar-refractivity contribution in [3.63, 3.8) is 0 Å². The van der Waals surface area contributed by atoms with Crippen LogP contribution in [0.3, 0.4) is 0 Å². The lowest BCUT2D eigenvalue weighted by molar-refractivity contribution is 0.0182. The predicted octanol–water partition coefficient (Wildman–Crippen LogP) is 6.69. The molecule has 176 valence electrons. The Labute approximate surface area is 194 Å². The van der Waals surface area contributed by atoms with Crippen LogP contribution in [0.15, 0.2) is 24.3 Å². The second-order valence-corrected chi connectivity index (χ2v) is 10.4. The van der Waals surface area contributed by atoms with E-state index in [-0.39, 0.29) is 23.5 Å². The van der Waals surface area contributed by atoms with Crippen LogP contribution in [0.2, 0.25) is 0 Å². The molecule has 0 saturated heterocycles. The SMILES string of the molecule is CCOC1CC(C)(C)Cc2nc(C(C)C)c([C@@H](O)c3ccc(OC(C)C)cc3)c(CC)c21. The van der Waals surface area contributed by atoms with Gasteiger partial charge in [-0.2, -0.15) is 0 Å². The highest BCUT2D eigenvalue weighted by Gasteiger charge is 2.37. The minimum absolute atomic E-state index is 0.0233. The molecule has 0 amide bonds. The number of fused-ring (bicyclic) bond motifs is 1. The van der Waals surface area contributed by atoms with Gasteiger partial charge in [0, 0.05) is 29.1 Å². The minimum Gasteiger partial charge on any atom is -0.491 e. The number of ether oxygens (including phenoxy) is 2. The van der Waals surface area contributed by atoms with Gasteiger partial charge in [-0.05, 0) is 74.6 Å². The van der Waals surface area contributed by atoms with Crippen molar-refractivity contribution >= 4 is 0 Å². The van der Waals surface area contributed by atoms with Crippen LogP contribution < -0.4 is 4.74 Å². The highest BCUT2D eigenvalue weighted by Crippen LogP contribution is 2.46. The van der Waals surface area contributed by atoms with E-state index in [4.69, 9.17) is 14.5 Å². The van der Waals surface area contributed by atoms with Crippen LogP contribution in [-0.2, 0) is 17.6 Å². The van der Waals surface area contributed by atoms with Crippen LogP contribution >= 0.6 is 0 Å². The van der Waals surface area contributed by atoms with Crippen molar-refractivity contribution in [1.29, 1.82) is 0 Å². The summed E-state index contributed by atoms with van der Waals surface area (Å²) >= 11 is 0. The lowest BCUT2D eigenvalue weighted by Crippen LogP contribution is -2.31. The second-order valence-electron chi connectivity index (χ2n) is 10.4. The van der Waals surface area contributed by atoms with E-state index < -0.39 is 6.10 Å². The lowest BCUT2D eigenvalue weighted by Gasteiger charge is -2.39. The molecule has 4 nitrogen and oxygen atoms in total. The fourth-order valence-corrected chi connectivity index (χ4v) is 5.02. The molecule has 1 aromatic heterocycles. The largest absolute Gasteiger partial charge is 0.491 e. The molecule has 1 unspecified atom stereocenters. The van der Waals surface area contributed by atoms with Crippen molar-refractivity contribution in [2.45, 2.75) is 98.9 Å². The maximum absolute atomic E-state index is 11.6. The van der Waals surface area contributed by atoms with E-state index in [0.717, 1.165) is 47.5 Å². The van der Waals surface area contributed by atoms with Gasteiger partial charge < -0.3 is 14.6 Å². The summed E-state index contributed by atoms with van der Waals surface area (Å²) in [5.41, 5.74) is 6.55. The Balaban J connectivity index is 2.15. The van der Waals surface area contributed by atoms with Gasteiger partial charge in [-0.25, -0.2) is 0 Å². The molecule has 2 atom stereocenters. The lowest BCUT2D eigenvalue weighted by atomic mass is 9.72. The Bertz CT molecular complexity index is 915. The summed E-state index contributed by atoms with van der Waals surface area (Å²) in [7, 11) is 0. The molecule has 0 fully saturated rings. The second kappa shape index (κ2) is 9.93. The van der Waals surface area contributed by atoms with E-state index in [1.54, 1.807) is 0 Å². The molecular weight excluding hydrogens is 398 g/mol. The van der Waals surface area contributed by atoms with E-state index >= 15 is 0 Å². The molecule has 1 aromatic carbocycles. The van der Waals surface area contributed by atoms with Crippen molar-refractivity contribution in [3.05, 3.63) is 57.9 Å². The Morgan fingerprint density at radius 2 is 1.75 bits per heavy atom. The number of rotatable bonds is 8. The first-order valence-electron chi connectivity index (χ1n) is 12.2. The van der Waals surface area contributed by atoms with E-state index in [2.05, 4.69) is 41.5 Å². The van der Waals surface area contributed by atoms with Gasteiger partial charge in [-0.15, -0.1) is 0 Å². The number of pyridine rings is 1. The fraction of sp³-hybridized carbons (Fsp3) is 0.607. The van der Waals surface area contributed by atoms with Gasteiger partial charge >= 0.3 is 0 Å². The summed E-state index contributed by atoms with van der Waals surface area (Å²) in [5.74, 6) is 1.03. The van der Waals surface area contributed by atoms with Crippen LogP contribution in [0, 0.1) is 5.41 Å². The average molecular weight is 440 g/mol. The normalized spacial score (nSPS) is 18.7. The third kappa shape index (κ3) is 5.18. The smallest absolute Gasteiger partial charge is 0.119 e. The first kappa shape index (κ1) is 24.7. The fourth-order valence-electron chi connectivity index (χ4n) is 5.02. The summed E-state index contributed by atoms with van der Waals surface area (Å²) in [6.45, 7) is 17.9. The Morgan fingerprint density at radius 1 is 1.09 bits per heavy atom. The van der Waals surface area contributed by atoms with Gasteiger partial charge in [-0.1, -0.05) is 46.8 Å². The number of hydrogen-bond donors (Lipinski definition) is 1. The molecule has 1 aliphatic rings. The van der Waals surface area contributed by atoms with Gasteiger partial charge in [0.05, 0.1) is 12.2 Å². The summed E-state index contributed by atoms with van der Waals surface area (Å²) in [5, 5.41) is 11.6. The van der Waals surface area contributed by atoms with Crippen LogP contribution in [-0.4, -0.2) is 22.8 Å². The summed E-state index contributed by atoms with van der Waals surface area (Å²) in [6.07, 6.45) is 2.17. The highest BCUT2D eigenvalue weighted by atomic mass is 16.5. The molecule has 0 saturated carbocycles. The molecule has 32 heavy (non-hydrogen) atoms. The molecule has 2 aromatic rings. The molecule has 4 heteroatoms. The highest BCUT2D eigenvalue weighted by molar-refractivity contribution is 5.49. The maximum Gasteiger partial charge on any atom is 0.119 e. The zero-order valence-corrected chi connectivity index (χ0v) is 21.2. The first-order valence-corrected chi connectivity index (χ1v) is 12.2. The number of hydrogen-bond acceptors (Lipinski definition) is 4. The Morgan fingerprint density at radius 3 is 2.28 bits per heavy atom. The maximum atomic E-state index is 11.6. The monoisotopic (exact) mass is 439 g/mol. The number of nitrogens with zero attached hydrogens (tertiary/aromatic N) is 1. The molecule has 0 spiro atoms. The van der Waals surface area contributed by atoms with Gasteiger partial charge in [0.2, 0.25) is 0 Å². The summed E-state index contributed by atoms with van der Waals surface area (Å²) in [6, 6.07) is 7.82. The van der Waals surface area contributed by atoms with Crippen LogP contribution in [0.4, 0.5) is 0 Å². The van der Waals surface area contributed by atoms with Crippen molar-refractivity contribution < 1.29 is 14.6 Å². The molecule has 1 N–H and O–H groups in total. The van der Waals surface area contributed by atoms with Gasteiger partial charge in [0.25, 0.3) is 0 Å². The molecule has 0 aliphatic heterocycles. The van der Waals surface area contributed by atoms with Crippen LogP contribution in [0.1, 0.15) is 114 Å². The Kier molecular flexibility index (Phi) is 7.67. The standard InChI is InChI=1S/C28H41NO3/c1-9-21-24-22(15-28(7,8)16-23(24)31-10-2)29-26(17(3)4)25(21)27(30)19-11-13-20(14-12-19)32-18(5)6/h11-14,17-18,23,27,30H,9-10,15-16H2,1-8H3/t23?,27-/m0/s1. The molecule has 0 bridgehead atoms. The van der Waals surface area contributed by atoms with Gasteiger partial charge in [-0.3, -0.25) is 4.98 Å².